The molecule has 14 nitrogen and oxygen atoms in total. The van der Waals surface area contributed by atoms with Crippen molar-refractivity contribution in [3.8, 4) is 0 Å². The van der Waals surface area contributed by atoms with Crippen LogP contribution < -0.4 is 0 Å². The van der Waals surface area contributed by atoms with Crippen LogP contribution in [0, 0.1) is 6.92 Å². The van der Waals surface area contributed by atoms with Gasteiger partial charge in [-0.3, -0.25) is 4.18 Å². The summed E-state index contributed by atoms with van der Waals surface area (Å²) >= 11 is 2.42. The van der Waals surface area contributed by atoms with Gasteiger partial charge in [-0.15, -0.1) is 0 Å². The van der Waals surface area contributed by atoms with E-state index >= 15 is 0 Å². The van der Waals surface area contributed by atoms with Gasteiger partial charge in [-0.2, -0.15) is 8.42 Å². The van der Waals surface area contributed by atoms with E-state index in [9.17, 15) is 8.42 Å². The number of alkyl halides is 1. The topological polar surface area (TPSA) is 145 Å². The first-order chi connectivity index (χ1) is 25.1. The van der Waals surface area contributed by atoms with Crippen molar-refractivity contribution >= 4 is 32.7 Å². The van der Waals surface area contributed by atoms with Crippen LogP contribution in [-0.2, 0) is 66.4 Å². The Morgan fingerprint density at radius 1 is 0.392 bits per heavy atom. The Bertz CT molecular complexity index is 958. The fraction of sp³-hybridized carbons (Fsp3) is 0.829. The lowest BCUT2D eigenvalue weighted by Crippen LogP contribution is -2.16. The summed E-state index contributed by atoms with van der Waals surface area (Å²) in [6, 6.07) is 6.49. The Hall–Kier alpha value is -0.580. The second-order valence-corrected chi connectivity index (χ2v) is 13.6. The molecule has 0 aliphatic heterocycles. The zero-order chi connectivity index (χ0) is 36.8. The van der Waals surface area contributed by atoms with Gasteiger partial charge in [0.25, 0.3) is 10.1 Å². The first-order valence-corrected chi connectivity index (χ1v) is 20.9. The minimum absolute atomic E-state index is 0.0587. The highest BCUT2D eigenvalue weighted by atomic mass is 127. The quantitative estimate of drug-likeness (QED) is 0.0407. The molecule has 0 bridgehead atoms. The molecule has 16 heteroatoms. The minimum atomic E-state index is -3.77. The molecule has 1 rings (SSSR count). The van der Waals surface area contributed by atoms with Crippen molar-refractivity contribution in [1.29, 1.82) is 0 Å². The molecule has 51 heavy (non-hydrogen) atoms. The first kappa shape index (κ1) is 48.4. The second-order valence-electron chi connectivity index (χ2n) is 10.9. The molecule has 0 fully saturated rings. The van der Waals surface area contributed by atoms with Gasteiger partial charge in [0.2, 0.25) is 0 Å². The number of ether oxygens (including phenoxy) is 11. The smallest absolute Gasteiger partial charge is 0.297 e. The Balaban J connectivity index is 1.66. The number of unbranched alkanes of at least 4 members (excludes halogenated alkanes) is 3. The van der Waals surface area contributed by atoms with Gasteiger partial charge in [-0.25, -0.2) is 0 Å². The lowest BCUT2D eigenvalue weighted by molar-refractivity contribution is -0.0277. The molecule has 0 saturated carbocycles. The van der Waals surface area contributed by atoms with Gasteiger partial charge >= 0.3 is 0 Å². The molecule has 0 spiro atoms. The predicted molar refractivity (Wildman–Crippen MR) is 201 cm³/mol. The maximum absolute atomic E-state index is 12.1. The number of aryl methyl sites for hydroxylation is 1. The standard InChI is InChI=1S/C35H63IO14S/c1-34-6-8-35(9-7-34)51(37,38)50-33-32-49-31-30-48-29-28-47-27-26-46-25-24-45-23-22-44-21-20-43-19-18-42-17-16-41-15-14-40-13-12-39-11-5-3-2-4-10-36/h6-9H,2-5,10-33H2,1H3. The van der Waals surface area contributed by atoms with E-state index < -0.39 is 10.1 Å². The molecular weight excluding hydrogens is 803 g/mol. The van der Waals surface area contributed by atoms with Crippen LogP contribution in [0.15, 0.2) is 29.2 Å². The number of rotatable bonds is 41. The van der Waals surface area contributed by atoms with E-state index in [1.54, 1.807) is 12.1 Å². The fourth-order valence-electron chi connectivity index (χ4n) is 3.93. The summed E-state index contributed by atoms with van der Waals surface area (Å²) in [6.45, 7) is 12.6. The molecular formula is C35H63IO14S. The third-order valence-electron chi connectivity index (χ3n) is 6.67. The summed E-state index contributed by atoms with van der Waals surface area (Å²) in [7, 11) is -3.77. The molecule has 0 aromatic heterocycles. The van der Waals surface area contributed by atoms with Crippen molar-refractivity contribution in [2.45, 2.75) is 37.5 Å². The van der Waals surface area contributed by atoms with Crippen molar-refractivity contribution < 1.29 is 64.7 Å². The molecule has 300 valence electrons. The van der Waals surface area contributed by atoms with Crippen molar-refractivity contribution in [1.82, 2.24) is 0 Å². The lowest BCUT2D eigenvalue weighted by Gasteiger charge is -2.09. The molecule has 0 atom stereocenters. The highest BCUT2D eigenvalue weighted by molar-refractivity contribution is 14.1. The highest BCUT2D eigenvalue weighted by Crippen LogP contribution is 2.13. The van der Waals surface area contributed by atoms with Crippen LogP contribution in [0.2, 0.25) is 0 Å². The van der Waals surface area contributed by atoms with E-state index in [0.29, 0.717) is 132 Å². The SMILES string of the molecule is Cc1ccc(S(=O)(=O)OCCOCCOCCOCCOCCOCCOCCOCCOCCOCCOCCOCCCCCCI)cc1. The van der Waals surface area contributed by atoms with Crippen LogP contribution in [0.1, 0.15) is 31.2 Å². The Kier molecular flexibility index (Phi) is 35.8. The lowest BCUT2D eigenvalue weighted by atomic mass is 10.2. The van der Waals surface area contributed by atoms with Crippen LogP contribution >= 0.6 is 22.6 Å². The predicted octanol–water partition coefficient (Wildman–Crippen LogP) is 3.88. The molecule has 0 heterocycles. The van der Waals surface area contributed by atoms with Gasteiger partial charge < -0.3 is 52.1 Å². The molecule has 0 radical (unpaired) electrons. The molecule has 1 aromatic carbocycles. The average molecular weight is 867 g/mol. The van der Waals surface area contributed by atoms with Crippen molar-refractivity contribution in [2.75, 3.05) is 156 Å². The maximum Gasteiger partial charge on any atom is 0.297 e. The minimum Gasteiger partial charge on any atom is -0.379 e. The average Bonchev–Trinajstić information content (AvgIpc) is 3.12. The summed E-state index contributed by atoms with van der Waals surface area (Å²) in [5.74, 6) is 0. The summed E-state index contributed by atoms with van der Waals surface area (Å²) < 4.78 is 90.6. The van der Waals surface area contributed by atoms with Crippen molar-refractivity contribution in [3.05, 3.63) is 29.8 Å². The van der Waals surface area contributed by atoms with E-state index in [1.807, 2.05) is 6.92 Å². The summed E-state index contributed by atoms with van der Waals surface area (Å²) in [5.41, 5.74) is 0.976. The van der Waals surface area contributed by atoms with Gasteiger partial charge in [0.05, 0.1) is 150 Å². The van der Waals surface area contributed by atoms with Crippen molar-refractivity contribution in [3.63, 3.8) is 0 Å². The largest absolute Gasteiger partial charge is 0.379 e. The monoisotopic (exact) mass is 866 g/mol. The van der Waals surface area contributed by atoms with Gasteiger partial charge in [-0.1, -0.05) is 53.1 Å². The van der Waals surface area contributed by atoms with Gasteiger partial charge in [0.1, 0.15) is 0 Å². The van der Waals surface area contributed by atoms with E-state index in [0.717, 1.165) is 18.6 Å². The summed E-state index contributed by atoms with van der Waals surface area (Å²) in [5, 5.41) is 0. The molecule has 0 amide bonds. The molecule has 0 saturated heterocycles. The molecule has 1 aromatic rings. The Morgan fingerprint density at radius 2 is 0.667 bits per heavy atom. The third-order valence-corrected chi connectivity index (χ3v) is 8.76. The van der Waals surface area contributed by atoms with Crippen LogP contribution in [0.25, 0.3) is 0 Å². The Morgan fingerprint density at radius 3 is 0.980 bits per heavy atom. The number of hydrogen-bond donors (Lipinski definition) is 0. The first-order valence-electron chi connectivity index (χ1n) is 17.9. The number of hydrogen-bond acceptors (Lipinski definition) is 14. The van der Waals surface area contributed by atoms with Crippen LogP contribution in [0.4, 0.5) is 0 Å². The summed E-state index contributed by atoms with van der Waals surface area (Å²) in [4.78, 5) is 0.129. The van der Waals surface area contributed by atoms with Gasteiger partial charge in [0.15, 0.2) is 0 Å². The zero-order valence-electron chi connectivity index (χ0n) is 30.6. The normalized spacial score (nSPS) is 11.9. The zero-order valence-corrected chi connectivity index (χ0v) is 33.6. The van der Waals surface area contributed by atoms with Crippen LogP contribution in [0.3, 0.4) is 0 Å². The van der Waals surface area contributed by atoms with Gasteiger partial charge in [-0.05, 0) is 36.3 Å². The Labute approximate surface area is 319 Å². The van der Waals surface area contributed by atoms with E-state index in [2.05, 4.69) is 22.6 Å². The van der Waals surface area contributed by atoms with Crippen LogP contribution in [0.5, 0.6) is 0 Å². The molecule has 0 aliphatic rings. The summed E-state index contributed by atoms with van der Waals surface area (Å²) in [6.07, 6.45) is 4.95. The molecule has 0 aliphatic carbocycles. The van der Waals surface area contributed by atoms with Crippen molar-refractivity contribution in [2.24, 2.45) is 0 Å². The number of halogens is 1. The molecule has 0 unspecified atom stereocenters. The van der Waals surface area contributed by atoms with Gasteiger partial charge in [0, 0.05) is 6.61 Å². The fourth-order valence-corrected chi connectivity index (χ4v) is 5.36. The second kappa shape index (κ2) is 37.7. The maximum atomic E-state index is 12.1. The van der Waals surface area contributed by atoms with E-state index in [1.165, 1.54) is 35.8 Å². The third kappa shape index (κ3) is 33.7. The van der Waals surface area contributed by atoms with E-state index in [4.69, 9.17) is 56.3 Å². The molecule has 0 N–H and O–H groups in total. The number of benzene rings is 1. The van der Waals surface area contributed by atoms with Crippen LogP contribution in [-0.4, -0.2) is 165 Å². The highest BCUT2D eigenvalue weighted by Gasteiger charge is 2.14. The van der Waals surface area contributed by atoms with E-state index in [-0.39, 0.29) is 18.1 Å².